The van der Waals surface area contributed by atoms with Crippen molar-refractivity contribution in [3.8, 4) is 0 Å². The summed E-state index contributed by atoms with van der Waals surface area (Å²) in [5.41, 5.74) is -0.183. The second-order valence-corrected chi connectivity index (χ2v) is 8.24. The largest absolute Gasteiger partial charge is 0.332 e. The monoisotopic (exact) mass is 433 g/mol. The van der Waals surface area contributed by atoms with E-state index < -0.39 is 0 Å². The van der Waals surface area contributed by atoms with Crippen LogP contribution in [-0.2, 0) is 32.5 Å². The average molecular weight is 434 g/mol. The van der Waals surface area contributed by atoms with E-state index in [9.17, 15) is 9.59 Å². The van der Waals surface area contributed by atoms with Gasteiger partial charge in [0.05, 0.1) is 12.1 Å². The zero-order valence-corrected chi connectivity index (χ0v) is 17.5. The standard InChI is InChI=1S/C18H20ClN7O2S/c1-2-6-24-16-13(11-14(19)20-16)17(27)25(18(24)28)7-4-8-26-22-15(21-23-26)10-12-5-3-9-29-12/h3,5,9H,2,4,6-8,10-11H2,1H3. The number of thiophene rings is 1. The fourth-order valence-corrected chi connectivity index (χ4v) is 4.25. The summed E-state index contributed by atoms with van der Waals surface area (Å²) in [6.07, 6.45) is 2.21. The van der Waals surface area contributed by atoms with Gasteiger partial charge in [-0.1, -0.05) is 24.6 Å². The fraction of sp³-hybridized carbons (Fsp3) is 0.444. The van der Waals surface area contributed by atoms with Gasteiger partial charge in [0.15, 0.2) is 5.82 Å². The summed E-state index contributed by atoms with van der Waals surface area (Å²) in [6.45, 7) is 3.20. The number of aromatic nitrogens is 6. The van der Waals surface area contributed by atoms with Crippen LogP contribution in [0.15, 0.2) is 32.1 Å². The summed E-state index contributed by atoms with van der Waals surface area (Å²) in [5.74, 6) is 1.05. The van der Waals surface area contributed by atoms with Gasteiger partial charge < -0.3 is 0 Å². The molecule has 0 aromatic carbocycles. The molecule has 1 aliphatic rings. The maximum absolute atomic E-state index is 12.8. The lowest BCUT2D eigenvalue weighted by Gasteiger charge is -2.13. The third kappa shape index (κ3) is 4.08. The molecule has 29 heavy (non-hydrogen) atoms. The minimum atomic E-state index is -0.351. The smallest absolute Gasteiger partial charge is 0.278 e. The number of tetrazole rings is 1. The minimum absolute atomic E-state index is 0.272. The molecule has 11 heteroatoms. The first kappa shape index (κ1) is 19.7. The van der Waals surface area contributed by atoms with Gasteiger partial charge in [0.25, 0.3) is 5.56 Å². The topological polar surface area (TPSA) is 100.0 Å². The van der Waals surface area contributed by atoms with Crippen LogP contribution in [0.3, 0.4) is 0 Å². The molecule has 152 valence electrons. The van der Waals surface area contributed by atoms with E-state index in [0.717, 1.165) is 6.42 Å². The number of aryl methyl sites for hydroxylation is 1. The highest BCUT2D eigenvalue weighted by atomic mass is 35.5. The van der Waals surface area contributed by atoms with E-state index in [2.05, 4.69) is 20.4 Å². The zero-order valence-electron chi connectivity index (χ0n) is 15.9. The molecule has 0 aliphatic carbocycles. The van der Waals surface area contributed by atoms with Crippen LogP contribution in [0.5, 0.6) is 0 Å². The molecule has 0 unspecified atom stereocenters. The van der Waals surface area contributed by atoms with Crippen LogP contribution in [0.4, 0.5) is 5.82 Å². The Hall–Kier alpha value is -2.59. The molecule has 0 amide bonds. The Balaban J connectivity index is 1.48. The predicted octanol–water partition coefficient (Wildman–Crippen LogP) is 1.97. The maximum atomic E-state index is 12.8. The van der Waals surface area contributed by atoms with E-state index in [1.54, 1.807) is 15.9 Å². The number of nitrogens with zero attached hydrogens (tertiary/aromatic N) is 7. The van der Waals surface area contributed by atoms with Crippen LogP contribution in [0.2, 0.25) is 0 Å². The molecule has 0 radical (unpaired) electrons. The van der Waals surface area contributed by atoms with Gasteiger partial charge in [-0.2, -0.15) is 4.80 Å². The summed E-state index contributed by atoms with van der Waals surface area (Å²) in [5, 5.41) is 14.9. The molecule has 0 fully saturated rings. The van der Waals surface area contributed by atoms with Crippen molar-refractivity contribution in [1.82, 2.24) is 29.3 Å². The van der Waals surface area contributed by atoms with Gasteiger partial charge in [-0.25, -0.2) is 9.79 Å². The summed E-state index contributed by atoms with van der Waals surface area (Å²) >= 11 is 7.67. The number of halogens is 1. The van der Waals surface area contributed by atoms with E-state index in [0.29, 0.717) is 48.3 Å². The van der Waals surface area contributed by atoms with Crippen molar-refractivity contribution in [2.24, 2.45) is 4.99 Å². The maximum Gasteiger partial charge on any atom is 0.332 e. The first-order valence-corrected chi connectivity index (χ1v) is 10.7. The SMILES string of the molecule is CCCn1c2c(c(=O)n(CCCn3nnc(Cc4cccs4)n3)c1=O)CC(Cl)=N2. The van der Waals surface area contributed by atoms with Crippen LogP contribution < -0.4 is 11.2 Å². The molecule has 4 rings (SSSR count). The van der Waals surface area contributed by atoms with E-state index in [4.69, 9.17) is 11.6 Å². The second-order valence-electron chi connectivity index (χ2n) is 6.77. The molecule has 3 aromatic heterocycles. The lowest BCUT2D eigenvalue weighted by atomic mass is 10.2. The van der Waals surface area contributed by atoms with E-state index in [-0.39, 0.29) is 24.2 Å². The van der Waals surface area contributed by atoms with E-state index >= 15 is 0 Å². The average Bonchev–Trinajstić information content (AvgIpc) is 3.44. The molecule has 0 saturated heterocycles. The number of aliphatic imine (C=N–C) groups is 1. The van der Waals surface area contributed by atoms with Crippen molar-refractivity contribution in [2.75, 3.05) is 0 Å². The number of fused-ring (bicyclic) bond motifs is 1. The van der Waals surface area contributed by atoms with Gasteiger partial charge >= 0.3 is 5.69 Å². The van der Waals surface area contributed by atoms with Gasteiger partial charge in [-0.3, -0.25) is 13.9 Å². The van der Waals surface area contributed by atoms with Crippen LogP contribution in [0.25, 0.3) is 0 Å². The summed E-state index contributed by atoms with van der Waals surface area (Å²) in [6, 6.07) is 4.02. The Morgan fingerprint density at radius 3 is 2.83 bits per heavy atom. The Morgan fingerprint density at radius 1 is 1.21 bits per heavy atom. The van der Waals surface area contributed by atoms with Gasteiger partial charge in [-0.05, 0) is 29.5 Å². The minimum Gasteiger partial charge on any atom is -0.278 e. The van der Waals surface area contributed by atoms with Gasteiger partial charge in [-0.15, -0.1) is 21.5 Å². The zero-order chi connectivity index (χ0) is 20.4. The molecule has 0 saturated carbocycles. The van der Waals surface area contributed by atoms with Crippen molar-refractivity contribution >= 4 is 33.9 Å². The number of hydrogen-bond donors (Lipinski definition) is 0. The molecular weight excluding hydrogens is 414 g/mol. The highest BCUT2D eigenvalue weighted by molar-refractivity contribution is 7.09. The molecule has 0 atom stereocenters. The molecule has 4 heterocycles. The second kappa shape index (κ2) is 8.42. The molecular formula is C18H20ClN7O2S. The Kier molecular flexibility index (Phi) is 5.72. The van der Waals surface area contributed by atoms with Crippen molar-refractivity contribution in [3.05, 3.63) is 54.6 Å². The molecule has 0 N–H and O–H groups in total. The van der Waals surface area contributed by atoms with Crippen LogP contribution in [0, 0.1) is 0 Å². The highest BCUT2D eigenvalue weighted by Gasteiger charge is 2.24. The lowest BCUT2D eigenvalue weighted by Crippen LogP contribution is -2.41. The Morgan fingerprint density at radius 2 is 2.07 bits per heavy atom. The molecule has 1 aliphatic heterocycles. The van der Waals surface area contributed by atoms with Crippen LogP contribution in [-0.4, -0.2) is 34.5 Å². The van der Waals surface area contributed by atoms with Crippen molar-refractivity contribution in [3.63, 3.8) is 0 Å². The third-order valence-corrected chi connectivity index (χ3v) is 5.73. The number of hydrogen-bond acceptors (Lipinski definition) is 7. The van der Waals surface area contributed by atoms with Gasteiger partial charge in [0.1, 0.15) is 11.0 Å². The van der Waals surface area contributed by atoms with Crippen LogP contribution in [0.1, 0.15) is 36.0 Å². The number of rotatable bonds is 8. The molecule has 0 spiro atoms. The van der Waals surface area contributed by atoms with Crippen molar-refractivity contribution in [2.45, 2.75) is 52.2 Å². The van der Waals surface area contributed by atoms with E-state index in [1.807, 2.05) is 24.4 Å². The quantitative estimate of drug-likeness (QED) is 0.540. The predicted molar refractivity (Wildman–Crippen MR) is 111 cm³/mol. The molecule has 9 nitrogen and oxygen atoms in total. The summed E-state index contributed by atoms with van der Waals surface area (Å²) < 4.78 is 2.81. The summed E-state index contributed by atoms with van der Waals surface area (Å²) in [4.78, 5) is 32.5. The fourth-order valence-electron chi connectivity index (χ4n) is 3.33. The molecule has 3 aromatic rings. The first-order chi connectivity index (χ1) is 14.1. The summed E-state index contributed by atoms with van der Waals surface area (Å²) in [7, 11) is 0. The van der Waals surface area contributed by atoms with Crippen molar-refractivity contribution < 1.29 is 0 Å². The first-order valence-electron chi connectivity index (χ1n) is 9.45. The molecule has 0 bridgehead atoms. The van der Waals surface area contributed by atoms with Gasteiger partial charge in [0, 0.05) is 30.8 Å². The Labute approximate surface area is 175 Å². The van der Waals surface area contributed by atoms with Crippen molar-refractivity contribution in [1.29, 1.82) is 0 Å². The van der Waals surface area contributed by atoms with Gasteiger partial charge in [0.2, 0.25) is 0 Å². The van der Waals surface area contributed by atoms with Crippen LogP contribution >= 0.6 is 22.9 Å². The Bertz CT molecular complexity index is 1160. The lowest BCUT2D eigenvalue weighted by molar-refractivity contribution is 0.449. The van der Waals surface area contributed by atoms with E-state index in [1.165, 1.54) is 14.2 Å². The normalized spacial score (nSPS) is 13.0. The highest BCUT2D eigenvalue weighted by Crippen LogP contribution is 2.24. The third-order valence-electron chi connectivity index (χ3n) is 4.63.